The summed E-state index contributed by atoms with van der Waals surface area (Å²) in [5.41, 5.74) is 0.477. The predicted molar refractivity (Wildman–Crippen MR) is 139 cm³/mol. The first-order valence-electron chi connectivity index (χ1n) is 12.6. The molecule has 4 heterocycles. The van der Waals surface area contributed by atoms with Crippen molar-refractivity contribution in [1.82, 2.24) is 15.3 Å². The van der Waals surface area contributed by atoms with Gasteiger partial charge in [-0.2, -0.15) is 4.98 Å². The maximum absolute atomic E-state index is 16.4. The van der Waals surface area contributed by atoms with Crippen LogP contribution in [0, 0.1) is 5.82 Å². The molecule has 3 aliphatic rings. The van der Waals surface area contributed by atoms with Crippen molar-refractivity contribution in [2.24, 2.45) is 0 Å². The zero-order valence-electron chi connectivity index (χ0n) is 20.1. The number of anilines is 2. The Bertz CT molecular complexity index is 1500. The first kappa shape index (κ1) is 21.8. The van der Waals surface area contributed by atoms with Crippen molar-refractivity contribution in [1.29, 1.82) is 0 Å². The van der Waals surface area contributed by atoms with Gasteiger partial charge in [0, 0.05) is 36.1 Å². The van der Waals surface area contributed by atoms with E-state index in [4.69, 9.17) is 4.98 Å². The summed E-state index contributed by atoms with van der Waals surface area (Å²) < 4.78 is 16.4. The Morgan fingerprint density at radius 2 is 1.69 bits per heavy atom. The molecule has 3 saturated heterocycles. The van der Waals surface area contributed by atoms with E-state index in [1.165, 1.54) is 0 Å². The number of aromatic nitrogens is 2. The number of fused-ring (bicyclic) bond motifs is 4. The summed E-state index contributed by atoms with van der Waals surface area (Å²) in [5, 5.41) is 26.7. The monoisotopic (exact) mass is 485 g/mol. The minimum atomic E-state index is -0.798. The Labute approximate surface area is 208 Å². The number of nitrogens with one attached hydrogen (secondary N) is 1. The lowest BCUT2D eigenvalue weighted by atomic mass is 9.96. The molecule has 0 spiro atoms. The normalized spacial score (nSPS) is 22.9. The molecule has 36 heavy (non-hydrogen) atoms. The van der Waals surface area contributed by atoms with Gasteiger partial charge in [-0.3, -0.25) is 0 Å². The van der Waals surface area contributed by atoms with E-state index in [2.05, 4.69) is 15.2 Å². The molecule has 2 atom stereocenters. The SMILES string of the molecule is CC1(O)CN(c2nc(N3C[C@H]4CC[C@@H](C3)N4)c3ccc(-c4cc(O)cc5ccccc45)c(F)c3n2)C1. The molecule has 3 N–H and O–H groups in total. The fourth-order valence-electron chi connectivity index (χ4n) is 6.13. The highest BCUT2D eigenvalue weighted by atomic mass is 19.1. The van der Waals surface area contributed by atoms with Gasteiger partial charge in [0.1, 0.15) is 17.1 Å². The quantitative estimate of drug-likeness (QED) is 0.407. The minimum Gasteiger partial charge on any atom is -0.508 e. The summed E-state index contributed by atoms with van der Waals surface area (Å²) in [5.74, 6) is 0.836. The zero-order valence-corrected chi connectivity index (χ0v) is 20.1. The Hall–Kier alpha value is -3.49. The number of aromatic hydroxyl groups is 1. The third kappa shape index (κ3) is 3.47. The number of hydrogen-bond donors (Lipinski definition) is 3. The highest BCUT2D eigenvalue weighted by Gasteiger charge is 2.39. The van der Waals surface area contributed by atoms with Crippen molar-refractivity contribution in [3.8, 4) is 16.9 Å². The number of halogens is 1. The number of hydrogen-bond acceptors (Lipinski definition) is 7. The molecular weight excluding hydrogens is 457 g/mol. The predicted octanol–water partition coefficient (Wildman–Crippen LogP) is 3.81. The molecule has 0 amide bonds. The lowest BCUT2D eigenvalue weighted by Gasteiger charge is -2.44. The molecule has 3 aliphatic heterocycles. The van der Waals surface area contributed by atoms with Crippen LogP contribution in [-0.2, 0) is 0 Å². The molecule has 7 nitrogen and oxygen atoms in total. The molecule has 8 heteroatoms. The van der Waals surface area contributed by atoms with E-state index in [1.807, 2.05) is 35.2 Å². The van der Waals surface area contributed by atoms with Crippen LogP contribution in [0.15, 0.2) is 48.5 Å². The van der Waals surface area contributed by atoms with Crippen molar-refractivity contribution in [2.75, 3.05) is 36.0 Å². The van der Waals surface area contributed by atoms with Gasteiger partial charge in [-0.05, 0) is 54.3 Å². The number of aliphatic hydroxyl groups is 1. The van der Waals surface area contributed by atoms with E-state index >= 15 is 4.39 Å². The van der Waals surface area contributed by atoms with Gasteiger partial charge >= 0.3 is 0 Å². The van der Waals surface area contributed by atoms with Gasteiger partial charge in [0.25, 0.3) is 0 Å². The van der Waals surface area contributed by atoms with Crippen molar-refractivity contribution < 1.29 is 14.6 Å². The van der Waals surface area contributed by atoms with Crippen LogP contribution >= 0.6 is 0 Å². The maximum atomic E-state index is 16.4. The summed E-state index contributed by atoms with van der Waals surface area (Å²) in [6.45, 7) is 4.23. The van der Waals surface area contributed by atoms with Crippen molar-refractivity contribution in [3.05, 3.63) is 54.3 Å². The van der Waals surface area contributed by atoms with Gasteiger partial charge in [0.05, 0.1) is 18.7 Å². The van der Waals surface area contributed by atoms with Crippen molar-refractivity contribution >= 4 is 33.4 Å². The highest BCUT2D eigenvalue weighted by Crippen LogP contribution is 2.39. The third-order valence-corrected chi connectivity index (χ3v) is 7.77. The Balaban J connectivity index is 1.42. The lowest BCUT2D eigenvalue weighted by Crippen LogP contribution is -2.60. The summed E-state index contributed by atoms with van der Waals surface area (Å²) in [6.07, 6.45) is 2.27. The molecule has 0 unspecified atom stereocenters. The molecule has 3 aromatic carbocycles. The molecule has 0 saturated carbocycles. The van der Waals surface area contributed by atoms with E-state index in [0.717, 1.165) is 42.5 Å². The van der Waals surface area contributed by atoms with E-state index in [0.29, 0.717) is 47.6 Å². The molecule has 0 radical (unpaired) electrons. The first-order valence-corrected chi connectivity index (χ1v) is 12.6. The van der Waals surface area contributed by atoms with Crippen LogP contribution in [0.3, 0.4) is 0 Å². The second-order valence-corrected chi connectivity index (χ2v) is 10.8. The third-order valence-electron chi connectivity index (χ3n) is 7.77. The first-order chi connectivity index (χ1) is 17.3. The van der Waals surface area contributed by atoms with Gasteiger partial charge < -0.3 is 25.3 Å². The van der Waals surface area contributed by atoms with Crippen LogP contribution in [0.1, 0.15) is 19.8 Å². The van der Waals surface area contributed by atoms with E-state index in [9.17, 15) is 10.2 Å². The average Bonchev–Trinajstić information content (AvgIpc) is 3.19. The largest absolute Gasteiger partial charge is 0.508 e. The van der Waals surface area contributed by atoms with Gasteiger partial charge in [-0.1, -0.05) is 30.3 Å². The fourth-order valence-corrected chi connectivity index (χ4v) is 6.13. The van der Waals surface area contributed by atoms with Crippen molar-refractivity contribution in [3.63, 3.8) is 0 Å². The van der Waals surface area contributed by atoms with Gasteiger partial charge in [0.15, 0.2) is 5.82 Å². The van der Waals surface area contributed by atoms with E-state index < -0.39 is 11.4 Å². The number of benzene rings is 3. The number of β-amino-alcohol motifs (C(OH)–C–C–N with tert-alkyl or cyclic N) is 1. The smallest absolute Gasteiger partial charge is 0.228 e. The topological polar surface area (TPSA) is 84.8 Å². The molecule has 0 aliphatic carbocycles. The maximum Gasteiger partial charge on any atom is 0.228 e. The standard InChI is InChI=1S/C28H28FN5O2/c1-28(36)14-34(15-28)27-31-25-22(26(32-27)33-12-17-6-7-18(13-33)30-17)9-8-21(24(25)29)23-11-19(35)10-16-4-2-3-5-20(16)23/h2-5,8-11,17-18,30,35-36H,6-7,12-15H2,1H3/t17-,18+. The van der Waals surface area contributed by atoms with Gasteiger partial charge in [-0.25, -0.2) is 9.37 Å². The van der Waals surface area contributed by atoms with Crippen LogP contribution in [-0.4, -0.2) is 64.0 Å². The Morgan fingerprint density at radius 1 is 0.944 bits per heavy atom. The van der Waals surface area contributed by atoms with Gasteiger partial charge in [0.2, 0.25) is 5.95 Å². The second kappa shape index (κ2) is 7.75. The summed E-state index contributed by atoms with van der Waals surface area (Å²) in [7, 11) is 0. The van der Waals surface area contributed by atoms with Crippen LogP contribution < -0.4 is 15.1 Å². The lowest BCUT2D eigenvalue weighted by molar-refractivity contribution is 0.0300. The molecule has 7 rings (SSSR count). The van der Waals surface area contributed by atoms with Crippen LogP contribution in [0.4, 0.5) is 16.2 Å². The Kier molecular flexibility index (Phi) is 4.69. The van der Waals surface area contributed by atoms with Crippen LogP contribution in [0.25, 0.3) is 32.8 Å². The van der Waals surface area contributed by atoms with Crippen LogP contribution in [0.5, 0.6) is 5.75 Å². The molecule has 4 aromatic rings. The number of rotatable bonds is 3. The summed E-state index contributed by atoms with van der Waals surface area (Å²) in [4.78, 5) is 13.8. The average molecular weight is 486 g/mol. The number of nitrogens with zero attached hydrogens (tertiary/aromatic N) is 4. The molecule has 184 valence electrons. The van der Waals surface area contributed by atoms with Gasteiger partial charge in [-0.15, -0.1) is 0 Å². The summed E-state index contributed by atoms with van der Waals surface area (Å²) >= 11 is 0. The number of phenolic OH excluding ortho intramolecular Hbond substituents is 1. The van der Waals surface area contributed by atoms with Crippen LogP contribution in [0.2, 0.25) is 0 Å². The molecule has 1 aromatic heterocycles. The molecule has 3 fully saturated rings. The minimum absolute atomic E-state index is 0.0892. The van der Waals surface area contributed by atoms with E-state index in [-0.39, 0.29) is 11.3 Å². The van der Waals surface area contributed by atoms with E-state index in [1.54, 1.807) is 25.1 Å². The molecular formula is C28H28FN5O2. The highest BCUT2D eigenvalue weighted by molar-refractivity contribution is 6.01. The van der Waals surface area contributed by atoms with Crippen molar-refractivity contribution in [2.45, 2.75) is 37.5 Å². The summed E-state index contributed by atoms with van der Waals surface area (Å²) in [6, 6.07) is 15.4. The Morgan fingerprint density at radius 3 is 2.44 bits per heavy atom. The molecule has 2 bridgehead atoms. The zero-order chi connectivity index (χ0) is 24.6. The second-order valence-electron chi connectivity index (χ2n) is 10.8. The number of piperazine rings is 1. The number of phenols is 1. The fraction of sp³-hybridized carbons (Fsp3) is 0.357.